The monoisotopic (exact) mass is 371 g/mol. The predicted molar refractivity (Wildman–Crippen MR) is 104 cm³/mol. The zero-order chi connectivity index (χ0) is 19.7. The van der Waals surface area contributed by atoms with Gasteiger partial charge in [0.25, 0.3) is 5.56 Å². The molecule has 2 aromatic heterocycles. The molecule has 138 valence electrons. The van der Waals surface area contributed by atoms with Gasteiger partial charge in [-0.1, -0.05) is 42.0 Å². The average molecular weight is 371 g/mol. The highest BCUT2D eigenvalue weighted by Crippen LogP contribution is 2.49. The summed E-state index contributed by atoms with van der Waals surface area (Å²) < 4.78 is 0. The Morgan fingerprint density at radius 3 is 2.71 bits per heavy atom. The molecule has 3 aromatic rings. The summed E-state index contributed by atoms with van der Waals surface area (Å²) in [6, 6.07) is 12.1. The summed E-state index contributed by atoms with van der Waals surface area (Å²) in [6.45, 7) is 2.05. The van der Waals surface area contributed by atoms with Gasteiger partial charge in [0.05, 0.1) is 5.56 Å². The van der Waals surface area contributed by atoms with Crippen molar-refractivity contribution in [3.8, 4) is 17.3 Å². The van der Waals surface area contributed by atoms with Crippen molar-refractivity contribution in [2.24, 2.45) is 5.92 Å². The molecular formula is C21H17N5O2. The van der Waals surface area contributed by atoms with E-state index < -0.39 is 11.2 Å². The van der Waals surface area contributed by atoms with E-state index in [0.29, 0.717) is 11.6 Å². The van der Waals surface area contributed by atoms with Crippen molar-refractivity contribution in [3.63, 3.8) is 0 Å². The molecule has 0 radical (unpaired) electrons. The van der Waals surface area contributed by atoms with Crippen LogP contribution in [0.4, 0.5) is 0 Å². The van der Waals surface area contributed by atoms with Gasteiger partial charge in [0.15, 0.2) is 5.69 Å². The quantitative estimate of drug-likeness (QED) is 0.731. The van der Waals surface area contributed by atoms with E-state index in [4.69, 9.17) is 0 Å². The molecule has 2 N–H and O–H groups in total. The molecule has 1 aliphatic rings. The lowest BCUT2D eigenvalue weighted by Gasteiger charge is -2.04. The number of allylic oxidation sites excluding steroid dienone is 1. The van der Waals surface area contributed by atoms with Gasteiger partial charge in [0.2, 0.25) is 0 Å². The molecular weight excluding hydrogens is 354 g/mol. The van der Waals surface area contributed by atoms with Crippen molar-refractivity contribution >= 4 is 6.08 Å². The largest absolute Gasteiger partial charge is 0.325 e. The maximum Gasteiger partial charge on any atom is 0.325 e. The molecule has 28 heavy (non-hydrogen) atoms. The lowest BCUT2D eigenvalue weighted by atomic mass is 10.0. The topological polar surface area (TPSA) is 115 Å². The van der Waals surface area contributed by atoms with Crippen molar-refractivity contribution in [3.05, 3.63) is 85.8 Å². The van der Waals surface area contributed by atoms with Gasteiger partial charge in [-0.25, -0.2) is 4.79 Å². The first-order valence-corrected chi connectivity index (χ1v) is 8.90. The summed E-state index contributed by atoms with van der Waals surface area (Å²) >= 11 is 0. The Balaban J connectivity index is 1.61. The maximum atomic E-state index is 12.0. The number of aromatic nitrogens is 4. The molecule has 1 aliphatic carbocycles. The van der Waals surface area contributed by atoms with E-state index in [2.05, 4.69) is 69.6 Å². The van der Waals surface area contributed by atoms with Crippen LogP contribution in [0.5, 0.6) is 0 Å². The third kappa shape index (κ3) is 3.53. The Bertz CT molecular complexity index is 1220. The van der Waals surface area contributed by atoms with E-state index in [1.165, 1.54) is 11.8 Å². The van der Waals surface area contributed by atoms with E-state index in [0.717, 1.165) is 17.5 Å². The highest BCUT2D eigenvalue weighted by molar-refractivity contribution is 5.59. The summed E-state index contributed by atoms with van der Waals surface area (Å²) in [7, 11) is 0. The van der Waals surface area contributed by atoms with Gasteiger partial charge in [0.1, 0.15) is 11.8 Å². The molecule has 2 atom stereocenters. The number of nitrogens with zero attached hydrogens (tertiary/aromatic N) is 3. The number of nitrogens with one attached hydrogen (secondary N) is 2. The second kappa shape index (κ2) is 7.08. The highest BCUT2D eigenvalue weighted by atomic mass is 16.2. The Hall–Kier alpha value is -3.79. The first kappa shape index (κ1) is 17.6. The van der Waals surface area contributed by atoms with E-state index in [9.17, 15) is 14.9 Å². The Morgan fingerprint density at radius 2 is 2.00 bits per heavy atom. The number of H-pyrrole nitrogens is 2. The molecule has 7 nitrogen and oxygen atoms in total. The zero-order valence-electron chi connectivity index (χ0n) is 15.1. The fourth-order valence-electron chi connectivity index (χ4n) is 3.20. The predicted octanol–water partition coefficient (Wildman–Crippen LogP) is 2.52. The summed E-state index contributed by atoms with van der Waals surface area (Å²) in [6.07, 6.45) is 6.44. The average Bonchev–Trinajstić information content (AvgIpc) is 3.47. The number of aromatic amines is 2. The van der Waals surface area contributed by atoms with Crippen LogP contribution >= 0.6 is 0 Å². The highest BCUT2D eigenvalue weighted by Gasteiger charge is 2.38. The van der Waals surface area contributed by atoms with Crippen LogP contribution in [-0.4, -0.2) is 20.2 Å². The maximum absolute atomic E-state index is 12.0. The molecule has 7 heteroatoms. The van der Waals surface area contributed by atoms with E-state index in [1.54, 1.807) is 6.07 Å². The molecule has 0 saturated heterocycles. The van der Waals surface area contributed by atoms with E-state index in [1.807, 2.05) is 0 Å². The van der Waals surface area contributed by atoms with Crippen LogP contribution in [0.25, 0.3) is 17.3 Å². The lowest BCUT2D eigenvalue weighted by molar-refractivity contribution is 0.930. The molecule has 0 unspecified atom stereocenters. The van der Waals surface area contributed by atoms with Crippen molar-refractivity contribution < 1.29 is 0 Å². The van der Waals surface area contributed by atoms with Crippen molar-refractivity contribution in [1.29, 1.82) is 5.26 Å². The standard InChI is InChI=1S/C21H17N5O2/c1-12-2-4-13(5-3-12)6-7-14-8-15(14)16-9-18(25-26-19(16)10-22)17-11-23-21(28)24-20(17)27/h2-7,9,11,14-15H,8H2,1H3,(H2,23,24,27,28)/b7-6+/t14-,15-/m0/s1. The van der Waals surface area contributed by atoms with E-state index in [-0.39, 0.29) is 17.2 Å². The van der Waals surface area contributed by atoms with Gasteiger partial charge in [0, 0.05) is 6.20 Å². The number of aryl methyl sites for hydroxylation is 1. The number of hydrogen-bond donors (Lipinski definition) is 2. The van der Waals surface area contributed by atoms with Crippen molar-refractivity contribution in [1.82, 2.24) is 20.2 Å². The second-order valence-electron chi connectivity index (χ2n) is 6.91. The van der Waals surface area contributed by atoms with Crippen LogP contribution in [-0.2, 0) is 0 Å². The Kier molecular flexibility index (Phi) is 4.45. The first-order chi connectivity index (χ1) is 13.5. The number of benzene rings is 1. The summed E-state index contributed by atoms with van der Waals surface area (Å²) in [5, 5.41) is 17.3. The van der Waals surface area contributed by atoms with Gasteiger partial charge >= 0.3 is 5.69 Å². The van der Waals surface area contributed by atoms with Crippen LogP contribution in [0.15, 0.2) is 52.2 Å². The molecule has 0 spiro atoms. The van der Waals surface area contributed by atoms with Crippen molar-refractivity contribution in [2.75, 3.05) is 0 Å². The van der Waals surface area contributed by atoms with Crippen molar-refractivity contribution in [2.45, 2.75) is 19.3 Å². The summed E-state index contributed by atoms with van der Waals surface area (Å²) in [4.78, 5) is 27.8. The van der Waals surface area contributed by atoms with Gasteiger partial charge in [-0.3, -0.25) is 9.78 Å². The molecule has 0 amide bonds. The minimum Gasteiger partial charge on any atom is -0.313 e. The van der Waals surface area contributed by atoms with Crippen LogP contribution < -0.4 is 11.2 Å². The Labute approximate surface area is 160 Å². The number of hydrogen-bond acceptors (Lipinski definition) is 5. The zero-order valence-corrected chi connectivity index (χ0v) is 15.1. The smallest absolute Gasteiger partial charge is 0.313 e. The normalized spacial score (nSPS) is 18.1. The van der Waals surface area contributed by atoms with Gasteiger partial charge in [-0.2, -0.15) is 5.26 Å². The number of rotatable bonds is 4. The fourth-order valence-corrected chi connectivity index (χ4v) is 3.20. The third-order valence-electron chi connectivity index (χ3n) is 4.88. The Morgan fingerprint density at radius 1 is 1.21 bits per heavy atom. The van der Waals surface area contributed by atoms with Crippen LogP contribution in [0.1, 0.15) is 34.7 Å². The van der Waals surface area contributed by atoms with Crippen LogP contribution in [0.3, 0.4) is 0 Å². The second-order valence-corrected chi connectivity index (χ2v) is 6.91. The molecule has 1 aromatic carbocycles. The number of nitriles is 1. The molecule has 0 bridgehead atoms. The minimum absolute atomic E-state index is 0.160. The first-order valence-electron chi connectivity index (χ1n) is 8.90. The van der Waals surface area contributed by atoms with Gasteiger partial charge < -0.3 is 4.98 Å². The molecule has 0 aliphatic heterocycles. The summed E-state index contributed by atoms with van der Waals surface area (Å²) in [5.41, 5.74) is 2.81. The molecule has 1 saturated carbocycles. The molecule has 1 fully saturated rings. The van der Waals surface area contributed by atoms with E-state index >= 15 is 0 Å². The fraction of sp³-hybridized carbons (Fsp3) is 0.190. The van der Waals surface area contributed by atoms with Gasteiger partial charge in [-0.05, 0) is 42.4 Å². The van der Waals surface area contributed by atoms with Gasteiger partial charge in [-0.15, -0.1) is 10.2 Å². The molecule has 2 heterocycles. The SMILES string of the molecule is Cc1ccc(/C=C/[C@H]2C[C@@H]2c2cc(-c3c[nH]c(=O)[nH]c3=O)nnc2C#N)cc1. The van der Waals surface area contributed by atoms with Crippen LogP contribution in [0, 0.1) is 24.2 Å². The molecule has 4 rings (SSSR count). The minimum atomic E-state index is -0.584. The van der Waals surface area contributed by atoms with Crippen LogP contribution in [0.2, 0.25) is 0 Å². The summed E-state index contributed by atoms with van der Waals surface area (Å²) in [5.74, 6) is 0.465. The third-order valence-corrected chi connectivity index (χ3v) is 4.88. The lowest BCUT2D eigenvalue weighted by Crippen LogP contribution is -2.23.